The van der Waals surface area contributed by atoms with E-state index in [1.807, 2.05) is 88.4 Å². The Balaban J connectivity index is 1.90. The highest BCUT2D eigenvalue weighted by Gasteiger charge is 2.25. The van der Waals surface area contributed by atoms with Crippen LogP contribution in [0.2, 0.25) is 0 Å². The van der Waals surface area contributed by atoms with Crippen molar-refractivity contribution < 1.29 is 4.79 Å². The van der Waals surface area contributed by atoms with Crippen LogP contribution in [0.15, 0.2) is 52.4 Å². The third-order valence-corrected chi connectivity index (χ3v) is 7.25. The number of amides is 1. The minimum absolute atomic E-state index is 0.0595. The van der Waals surface area contributed by atoms with Gasteiger partial charge in [0.25, 0.3) is 5.56 Å². The van der Waals surface area contributed by atoms with Crippen LogP contribution in [0.4, 0.5) is 0 Å². The van der Waals surface area contributed by atoms with Crippen molar-refractivity contribution in [1.82, 2.24) is 24.5 Å². The summed E-state index contributed by atoms with van der Waals surface area (Å²) in [4.78, 5) is 26.4. The Labute approximate surface area is 197 Å². The van der Waals surface area contributed by atoms with Crippen molar-refractivity contribution in [2.45, 2.75) is 63.9 Å². The smallest absolute Gasteiger partial charge is 0.267 e. The van der Waals surface area contributed by atoms with Crippen LogP contribution < -0.4 is 10.9 Å². The third kappa shape index (κ3) is 4.15. The lowest BCUT2D eigenvalue weighted by atomic mass is 10.0. The van der Waals surface area contributed by atoms with Crippen molar-refractivity contribution in [3.63, 3.8) is 0 Å². The van der Waals surface area contributed by atoms with E-state index in [9.17, 15) is 9.59 Å². The topological polar surface area (TPSA) is 81.3 Å². The van der Waals surface area contributed by atoms with Crippen molar-refractivity contribution in [3.8, 4) is 5.69 Å². The SMILES string of the molecule is CCC(C)(C)NC(=O)C(C)Sc1nnc2n(-c3cccc(C)c3C)c(=O)c3ccccc3n12. The molecular weight excluding hydrogens is 434 g/mol. The zero-order chi connectivity index (χ0) is 23.9. The lowest BCUT2D eigenvalue weighted by Crippen LogP contribution is -2.46. The van der Waals surface area contributed by atoms with E-state index >= 15 is 0 Å². The largest absolute Gasteiger partial charge is 0.350 e. The zero-order valence-electron chi connectivity index (χ0n) is 19.8. The molecule has 1 N–H and O–H groups in total. The number of nitrogens with zero attached hydrogens (tertiary/aromatic N) is 4. The fourth-order valence-electron chi connectivity index (χ4n) is 3.69. The van der Waals surface area contributed by atoms with Crippen molar-refractivity contribution in [3.05, 3.63) is 63.9 Å². The molecule has 1 atom stereocenters. The molecule has 0 aliphatic heterocycles. The number of carbonyl (C=O) groups is 1. The first kappa shape index (κ1) is 23.0. The van der Waals surface area contributed by atoms with Crippen molar-refractivity contribution in [2.24, 2.45) is 0 Å². The van der Waals surface area contributed by atoms with Gasteiger partial charge < -0.3 is 5.32 Å². The fraction of sp³-hybridized carbons (Fsp3) is 0.360. The third-order valence-electron chi connectivity index (χ3n) is 6.21. The van der Waals surface area contributed by atoms with Crippen LogP contribution in [0.25, 0.3) is 22.4 Å². The van der Waals surface area contributed by atoms with Gasteiger partial charge in [0.2, 0.25) is 11.7 Å². The molecule has 0 saturated heterocycles. The maximum absolute atomic E-state index is 13.5. The Kier molecular flexibility index (Phi) is 6.05. The highest BCUT2D eigenvalue weighted by molar-refractivity contribution is 8.00. The predicted octanol–water partition coefficient (Wildman–Crippen LogP) is 4.44. The van der Waals surface area contributed by atoms with Gasteiger partial charge in [-0.05, 0) is 70.4 Å². The summed E-state index contributed by atoms with van der Waals surface area (Å²) in [6, 6.07) is 13.3. The zero-order valence-corrected chi connectivity index (χ0v) is 20.7. The molecular formula is C25H29N5O2S. The van der Waals surface area contributed by atoms with E-state index in [1.54, 1.807) is 4.57 Å². The highest BCUT2D eigenvalue weighted by Crippen LogP contribution is 2.27. The summed E-state index contributed by atoms with van der Waals surface area (Å²) in [5.41, 5.74) is 3.15. The molecule has 2 aromatic carbocycles. The number of para-hydroxylation sites is 1. The summed E-state index contributed by atoms with van der Waals surface area (Å²) in [5, 5.41) is 12.6. The number of hydrogen-bond acceptors (Lipinski definition) is 5. The standard InChI is InChI=1S/C25H29N5O2S/c1-7-25(5,6)26-21(31)17(4)33-24-28-27-23-29(19-14-10-11-15(2)16(19)3)22(32)18-12-8-9-13-20(18)30(23)24/h8-14,17H,7H2,1-6H3,(H,26,31). The Hall–Kier alpha value is -3.13. The highest BCUT2D eigenvalue weighted by atomic mass is 32.2. The number of aromatic nitrogens is 4. The van der Waals surface area contributed by atoms with Gasteiger partial charge in [-0.1, -0.05) is 43.0 Å². The van der Waals surface area contributed by atoms with E-state index < -0.39 is 0 Å². The van der Waals surface area contributed by atoms with E-state index in [1.165, 1.54) is 11.8 Å². The quantitative estimate of drug-likeness (QED) is 0.428. The maximum Gasteiger partial charge on any atom is 0.267 e. The van der Waals surface area contributed by atoms with Crippen LogP contribution in [-0.2, 0) is 4.79 Å². The van der Waals surface area contributed by atoms with Gasteiger partial charge in [0.15, 0.2) is 5.16 Å². The molecule has 0 spiro atoms. The van der Waals surface area contributed by atoms with Gasteiger partial charge in [0.1, 0.15) is 0 Å². The van der Waals surface area contributed by atoms with Crippen LogP contribution in [-0.4, -0.2) is 35.9 Å². The first-order chi connectivity index (χ1) is 15.6. The molecule has 33 heavy (non-hydrogen) atoms. The number of carbonyl (C=O) groups excluding carboxylic acids is 1. The van der Waals surface area contributed by atoms with E-state index in [4.69, 9.17) is 0 Å². The molecule has 0 aliphatic carbocycles. The summed E-state index contributed by atoms with van der Waals surface area (Å²) in [6.07, 6.45) is 0.830. The molecule has 1 unspecified atom stereocenters. The molecule has 2 aromatic heterocycles. The Morgan fingerprint density at radius 2 is 1.85 bits per heavy atom. The second-order valence-electron chi connectivity index (χ2n) is 8.98. The molecule has 7 nitrogen and oxygen atoms in total. The van der Waals surface area contributed by atoms with Gasteiger partial charge in [-0.3, -0.25) is 14.0 Å². The van der Waals surface area contributed by atoms with Crippen LogP contribution in [0.3, 0.4) is 0 Å². The minimum Gasteiger partial charge on any atom is -0.350 e. The maximum atomic E-state index is 13.5. The van der Waals surface area contributed by atoms with Crippen molar-refractivity contribution >= 4 is 34.3 Å². The molecule has 172 valence electrons. The van der Waals surface area contributed by atoms with E-state index in [0.717, 1.165) is 23.2 Å². The van der Waals surface area contributed by atoms with Crippen molar-refractivity contribution in [2.75, 3.05) is 0 Å². The molecule has 0 aliphatic rings. The normalized spacial score (nSPS) is 12.9. The number of rotatable bonds is 6. The number of hydrogen-bond donors (Lipinski definition) is 1. The lowest BCUT2D eigenvalue weighted by Gasteiger charge is -2.26. The van der Waals surface area contributed by atoms with Crippen LogP contribution in [0.1, 0.15) is 45.2 Å². The van der Waals surface area contributed by atoms with Gasteiger partial charge >= 0.3 is 0 Å². The molecule has 0 radical (unpaired) electrons. The molecule has 4 aromatic rings. The van der Waals surface area contributed by atoms with Crippen LogP contribution >= 0.6 is 11.8 Å². The van der Waals surface area contributed by atoms with Gasteiger partial charge in [-0.2, -0.15) is 0 Å². The summed E-state index contributed by atoms with van der Waals surface area (Å²) in [7, 11) is 0. The predicted molar refractivity (Wildman–Crippen MR) is 133 cm³/mol. The Bertz CT molecular complexity index is 1420. The van der Waals surface area contributed by atoms with E-state index in [2.05, 4.69) is 15.5 Å². The molecule has 4 rings (SSSR count). The van der Waals surface area contributed by atoms with Crippen LogP contribution in [0, 0.1) is 13.8 Å². The summed E-state index contributed by atoms with van der Waals surface area (Å²) >= 11 is 1.33. The Morgan fingerprint density at radius 1 is 1.12 bits per heavy atom. The molecule has 2 heterocycles. The first-order valence-corrected chi connectivity index (χ1v) is 12.0. The van der Waals surface area contributed by atoms with Crippen LogP contribution in [0.5, 0.6) is 0 Å². The number of benzene rings is 2. The minimum atomic E-state index is -0.386. The second kappa shape index (κ2) is 8.67. The summed E-state index contributed by atoms with van der Waals surface area (Å²) in [5.74, 6) is 0.368. The van der Waals surface area contributed by atoms with Gasteiger partial charge in [0, 0.05) is 5.54 Å². The second-order valence-corrected chi connectivity index (χ2v) is 10.3. The number of thioether (sulfide) groups is 1. The summed E-state index contributed by atoms with van der Waals surface area (Å²) < 4.78 is 3.49. The average molecular weight is 464 g/mol. The number of nitrogens with one attached hydrogen (secondary N) is 1. The van der Waals surface area contributed by atoms with Gasteiger partial charge in [-0.25, -0.2) is 4.57 Å². The monoisotopic (exact) mass is 463 g/mol. The molecule has 0 saturated carbocycles. The van der Waals surface area contributed by atoms with Gasteiger partial charge in [0.05, 0.1) is 21.8 Å². The summed E-state index contributed by atoms with van der Waals surface area (Å²) in [6.45, 7) is 11.9. The lowest BCUT2D eigenvalue weighted by molar-refractivity contribution is -0.121. The Morgan fingerprint density at radius 3 is 2.58 bits per heavy atom. The molecule has 0 bridgehead atoms. The molecule has 0 fully saturated rings. The van der Waals surface area contributed by atoms with E-state index in [0.29, 0.717) is 21.8 Å². The molecule has 8 heteroatoms. The van der Waals surface area contributed by atoms with E-state index in [-0.39, 0.29) is 22.3 Å². The van der Waals surface area contributed by atoms with Crippen molar-refractivity contribution in [1.29, 1.82) is 0 Å². The molecule has 1 amide bonds. The first-order valence-electron chi connectivity index (χ1n) is 11.1. The number of fused-ring (bicyclic) bond motifs is 3. The number of aryl methyl sites for hydroxylation is 1. The fourth-order valence-corrected chi connectivity index (χ4v) is 4.54. The average Bonchev–Trinajstić information content (AvgIpc) is 3.19. The van der Waals surface area contributed by atoms with Gasteiger partial charge in [-0.15, -0.1) is 10.2 Å².